The maximum Gasteiger partial charge on any atom is 0.471 e. The number of aromatic nitrogens is 1. The Morgan fingerprint density at radius 1 is 1.14 bits per heavy atom. The highest BCUT2D eigenvalue weighted by molar-refractivity contribution is 7.46. The van der Waals surface area contributed by atoms with Gasteiger partial charge in [0, 0.05) is 11.8 Å². The number of hydrogen-bond donors (Lipinski definition) is 2. The van der Waals surface area contributed by atoms with Crippen LogP contribution in [-0.4, -0.2) is 28.1 Å². The van der Waals surface area contributed by atoms with Crippen LogP contribution in [-0.2, 0) is 15.8 Å². The summed E-state index contributed by atoms with van der Waals surface area (Å²) in [4.78, 5) is 31.2. The SMILES string of the molecule is CCOc1ccc(F)c2c(=O)c(-c3ccc(OC)cc3)cn(COP(=O)(O)O)c12. The average molecular weight is 423 g/mol. The number of phosphoric acid groups is 1. The van der Waals surface area contributed by atoms with E-state index in [2.05, 4.69) is 4.52 Å². The second kappa shape index (κ2) is 8.34. The third-order valence-corrected chi connectivity index (χ3v) is 4.65. The number of ether oxygens (including phenoxy) is 2. The summed E-state index contributed by atoms with van der Waals surface area (Å²) in [5.74, 6) is -0.0187. The normalized spacial score (nSPS) is 11.6. The predicted molar refractivity (Wildman–Crippen MR) is 104 cm³/mol. The number of phosphoric ester groups is 1. The van der Waals surface area contributed by atoms with E-state index in [9.17, 15) is 13.8 Å². The standard InChI is InChI=1S/C19H19FNO7P/c1-3-27-16-9-8-15(20)17-18(16)21(11-28-29(23,24)25)10-14(19(17)22)12-4-6-13(26-2)7-5-12/h4-10H,3,11H2,1-2H3,(H2,23,24,25). The summed E-state index contributed by atoms with van der Waals surface area (Å²) in [6, 6.07) is 8.99. The highest BCUT2D eigenvalue weighted by Crippen LogP contribution is 2.37. The van der Waals surface area contributed by atoms with Crippen LogP contribution >= 0.6 is 7.82 Å². The van der Waals surface area contributed by atoms with Crippen LogP contribution in [0.5, 0.6) is 11.5 Å². The summed E-state index contributed by atoms with van der Waals surface area (Å²) in [6.45, 7) is 1.34. The zero-order valence-electron chi connectivity index (χ0n) is 15.7. The van der Waals surface area contributed by atoms with Crippen molar-refractivity contribution in [3.63, 3.8) is 0 Å². The van der Waals surface area contributed by atoms with Crippen LogP contribution in [0.4, 0.5) is 4.39 Å². The van der Waals surface area contributed by atoms with E-state index in [-0.39, 0.29) is 28.8 Å². The zero-order chi connectivity index (χ0) is 21.2. The molecule has 0 fully saturated rings. The van der Waals surface area contributed by atoms with Gasteiger partial charge in [0.05, 0.1) is 24.6 Å². The van der Waals surface area contributed by atoms with Crippen molar-refractivity contribution in [3.8, 4) is 22.6 Å². The lowest BCUT2D eigenvalue weighted by Gasteiger charge is -2.17. The van der Waals surface area contributed by atoms with Crippen molar-refractivity contribution in [2.24, 2.45) is 0 Å². The molecule has 0 saturated heterocycles. The molecule has 2 aromatic carbocycles. The molecule has 0 unspecified atom stereocenters. The van der Waals surface area contributed by atoms with Gasteiger partial charge in [0.1, 0.15) is 24.0 Å². The Kier molecular flexibility index (Phi) is 6.04. The highest BCUT2D eigenvalue weighted by Gasteiger charge is 2.21. The van der Waals surface area contributed by atoms with Crippen molar-refractivity contribution in [3.05, 3.63) is 58.6 Å². The first-order chi connectivity index (χ1) is 13.7. The molecule has 0 aliphatic heterocycles. The second-order valence-corrected chi connectivity index (χ2v) is 7.26. The van der Waals surface area contributed by atoms with Gasteiger partial charge in [0.15, 0.2) is 5.43 Å². The van der Waals surface area contributed by atoms with Crippen molar-refractivity contribution in [2.45, 2.75) is 13.7 Å². The van der Waals surface area contributed by atoms with Crippen molar-refractivity contribution in [1.29, 1.82) is 0 Å². The summed E-state index contributed by atoms with van der Waals surface area (Å²) in [7, 11) is -3.31. The topological polar surface area (TPSA) is 107 Å². The summed E-state index contributed by atoms with van der Waals surface area (Å²) < 4.78 is 42.3. The van der Waals surface area contributed by atoms with Gasteiger partial charge in [0.25, 0.3) is 0 Å². The Hall–Kier alpha value is -2.71. The number of rotatable bonds is 7. The Morgan fingerprint density at radius 3 is 2.41 bits per heavy atom. The van der Waals surface area contributed by atoms with E-state index in [1.165, 1.54) is 23.9 Å². The van der Waals surface area contributed by atoms with E-state index in [4.69, 9.17) is 19.3 Å². The molecule has 0 spiro atoms. The quantitative estimate of drug-likeness (QED) is 0.562. The molecular weight excluding hydrogens is 404 g/mol. The first-order valence-electron chi connectivity index (χ1n) is 8.58. The molecule has 0 saturated carbocycles. The molecular formula is C19H19FNO7P. The Bertz CT molecular complexity index is 1140. The van der Waals surface area contributed by atoms with Gasteiger partial charge in [-0.25, -0.2) is 8.96 Å². The third-order valence-electron chi connectivity index (χ3n) is 4.20. The predicted octanol–water partition coefficient (Wildman–Crippen LogP) is 3.28. The van der Waals surface area contributed by atoms with Crippen LogP contribution in [0.2, 0.25) is 0 Å². The van der Waals surface area contributed by atoms with Crippen LogP contribution in [0.25, 0.3) is 22.0 Å². The lowest BCUT2D eigenvalue weighted by molar-refractivity contribution is 0.155. The molecule has 0 radical (unpaired) electrons. The molecule has 8 nitrogen and oxygen atoms in total. The van der Waals surface area contributed by atoms with Gasteiger partial charge in [-0.3, -0.25) is 9.32 Å². The number of benzene rings is 2. The van der Waals surface area contributed by atoms with Crippen LogP contribution in [0, 0.1) is 5.82 Å². The van der Waals surface area contributed by atoms with Gasteiger partial charge in [-0.2, -0.15) is 0 Å². The zero-order valence-corrected chi connectivity index (χ0v) is 16.6. The fraction of sp³-hybridized carbons (Fsp3) is 0.211. The number of hydrogen-bond acceptors (Lipinski definition) is 5. The summed E-state index contributed by atoms with van der Waals surface area (Å²) in [5, 5.41) is -0.265. The minimum absolute atomic E-state index is 0.0440. The number of halogens is 1. The van der Waals surface area contributed by atoms with Crippen LogP contribution in [0.3, 0.4) is 0 Å². The third kappa shape index (κ3) is 4.49. The van der Waals surface area contributed by atoms with Crippen molar-refractivity contribution >= 4 is 18.7 Å². The van der Waals surface area contributed by atoms with E-state index >= 15 is 0 Å². The minimum atomic E-state index is -4.81. The molecule has 0 atom stereocenters. The molecule has 0 aliphatic carbocycles. The van der Waals surface area contributed by atoms with E-state index in [1.54, 1.807) is 31.2 Å². The Morgan fingerprint density at radius 2 is 1.83 bits per heavy atom. The fourth-order valence-corrected chi connectivity index (χ4v) is 3.22. The summed E-state index contributed by atoms with van der Waals surface area (Å²) in [6.07, 6.45) is 1.35. The largest absolute Gasteiger partial charge is 0.497 e. The maximum atomic E-state index is 14.7. The van der Waals surface area contributed by atoms with Gasteiger partial charge < -0.3 is 23.8 Å². The number of nitrogens with zero attached hydrogens (tertiary/aromatic N) is 1. The van der Waals surface area contributed by atoms with Crippen LogP contribution < -0.4 is 14.9 Å². The first kappa shape index (κ1) is 21.0. The van der Waals surface area contributed by atoms with Crippen LogP contribution in [0.15, 0.2) is 47.4 Å². The smallest absolute Gasteiger partial charge is 0.471 e. The van der Waals surface area contributed by atoms with Crippen molar-refractivity contribution < 1.29 is 32.7 Å². The molecule has 1 aromatic heterocycles. The van der Waals surface area contributed by atoms with E-state index < -0.39 is 25.8 Å². The molecule has 0 amide bonds. The summed E-state index contributed by atoms with van der Waals surface area (Å²) >= 11 is 0. The van der Waals surface area contributed by atoms with Gasteiger partial charge in [-0.05, 0) is 36.8 Å². The lowest BCUT2D eigenvalue weighted by Crippen LogP contribution is -2.15. The second-order valence-electron chi connectivity index (χ2n) is 6.02. The molecule has 3 rings (SSSR count). The van der Waals surface area contributed by atoms with Gasteiger partial charge in [-0.15, -0.1) is 0 Å². The van der Waals surface area contributed by atoms with Gasteiger partial charge in [0.2, 0.25) is 0 Å². The fourth-order valence-electron chi connectivity index (χ4n) is 2.95. The van der Waals surface area contributed by atoms with Crippen molar-refractivity contribution in [1.82, 2.24) is 4.57 Å². The summed E-state index contributed by atoms with van der Waals surface area (Å²) in [5.41, 5.74) is 0.0602. The number of methoxy groups -OCH3 is 1. The minimum Gasteiger partial charge on any atom is -0.497 e. The molecule has 10 heteroatoms. The molecule has 0 bridgehead atoms. The maximum absolute atomic E-state index is 14.7. The van der Waals surface area contributed by atoms with Crippen molar-refractivity contribution in [2.75, 3.05) is 13.7 Å². The van der Waals surface area contributed by atoms with E-state index in [1.807, 2.05) is 0 Å². The molecule has 29 heavy (non-hydrogen) atoms. The molecule has 2 N–H and O–H groups in total. The number of fused-ring (bicyclic) bond motifs is 1. The monoisotopic (exact) mass is 423 g/mol. The molecule has 1 heterocycles. The molecule has 3 aromatic rings. The average Bonchev–Trinajstić information content (AvgIpc) is 2.69. The van der Waals surface area contributed by atoms with Crippen LogP contribution in [0.1, 0.15) is 6.92 Å². The van der Waals surface area contributed by atoms with Gasteiger partial charge in [-0.1, -0.05) is 12.1 Å². The molecule has 154 valence electrons. The van der Waals surface area contributed by atoms with Gasteiger partial charge >= 0.3 is 7.82 Å². The first-order valence-corrected chi connectivity index (χ1v) is 10.1. The Labute approximate surface area is 165 Å². The van der Waals surface area contributed by atoms with E-state index in [0.717, 1.165) is 6.07 Å². The Balaban J connectivity index is 2.30. The lowest BCUT2D eigenvalue weighted by atomic mass is 10.0. The van der Waals surface area contributed by atoms with E-state index in [0.29, 0.717) is 11.3 Å². The molecule has 0 aliphatic rings. The number of pyridine rings is 1. The highest BCUT2D eigenvalue weighted by atomic mass is 31.2.